The Hall–Kier alpha value is -1.81. The van der Waals surface area contributed by atoms with Gasteiger partial charge in [0.1, 0.15) is 6.61 Å². The normalized spacial score (nSPS) is 14.2. The second-order valence-corrected chi connectivity index (χ2v) is 14.9. The first kappa shape index (κ1) is 48.2. The summed E-state index contributed by atoms with van der Waals surface area (Å²) in [6.45, 7) is 5.70. The van der Waals surface area contributed by atoms with E-state index in [0.717, 1.165) is 44.4 Å². The van der Waals surface area contributed by atoms with Gasteiger partial charge in [0, 0.05) is 12.8 Å². The molecule has 0 fully saturated rings. The Morgan fingerprint density at radius 1 is 0.640 bits per heavy atom. The number of esters is 2. The maximum atomic E-state index is 12.4. The molecule has 0 aromatic rings. The maximum absolute atomic E-state index is 12.4. The number of unbranched alkanes of at least 4 members (excludes halogenated alkanes) is 12. The summed E-state index contributed by atoms with van der Waals surface area (Å²) < 4.78 is 26.1. The number of rotatable bonds is 34. The second-order valence-electron chi connectivity index (χ2n) is 13.7. The van der Waals surface area contributed by atoms with Gasteiger partial charge in [-0.25, -0.2) is 4.57 Å². The van der Waals surface area contributed by atoms with Crippen molar-refractivity contribution in [2.24, 2.45) is 5.92 Å². The van der Waals surface area contributed by atoms with E-state index in [1.54, 1.807) is 0 Å². The molecule has 4 N–H and O–H groups in total. The minimum Gasteiger partial charge on any atom is -0.462 e. The van der Waals surface area contributed by atoms with E-state index in [1.807, 2.05) is 12.2 Å². The third kappa shape index (κ3) is 34.6. The van der Waals surface area contributed by atoms with Crippen molar-refractivity contribution in [2.45, 2.75) is 180 Å². The highest BCUT2D eigenvalue weighted by Gasteiger charge is 2.23. The number of allylic oxidation sites excluding steroid dienone is 5. The average Bonchev–Trinajstić information content (AvgIpc) is 3.06. The van der Waals surface area contributed by atoms with Crippen molar-refractivity contribution in [1.29, 1.82) is 0 Å². The van der Waals surface area contributed by atoms with Gasteiger partial charge >= 0.3 is 19.8 Å². The molecule has 2 unspecified atom stereocenters. The zero-order chi connectivity index (χ0) is 37.3. The van der Waals surface area contributed by atoms with Gasteiger partial charge in [0.2, 0.25) is 0 Å². The molecule has 10 nitrogen and oxygen atoms in total. The van der Waals surface area contributed by atoms with Gasteiger partial charge in [0.05, 0.1) is 18.8 Å². The number of hydrogen-bond acceptors (Lipinski definition) is 8. The molecule has 292 valence electrons. The third-order valence-electron chi connectivity index (χ3n) is 8.29. The lowest BCUT2D eigenvalue weighted by Crippen LogP contribution is -2.30. The molecule has 0 saturated heterocycles. The molecule has 0 rings (SSSR count). The van der Waals surface area contributed by atoms with E-state index in [9.17, 15) is 24.4 Å². The molecule has 0 bridgehead atoms. The van der Waals surface area contributed by atoms with Crippen molar-refractivity contribution < 1.29 is 48.2 Å². The van der Waals surface area contributed by atoms with Gasteiger partial charge in [-0.2, -0.15) is 0 Å². The van der Waals surface area contributed by atoms with Crippen LogP contribution in [-0.2, 0) is 28.2 Å². The summed E-state index contributed by atoms with van der Waals surface area (Å²) in [6, 6.07) is 0. The van der Waals surface area contributed by atoms with Gasteiger partial charge in [0.25, 0.3) is 0 Å². The lowest BCUT2D eigenvalue weighted by Gasteiger charge is -2.19. The Balaban J connectivity index is 4.24. The van der Waals surface area contributed by atoms with Crippen LogP contribution in [0.2, 0.25) is 0 Å². The van der Waals surface area contributed by atoms with Crippen LogP contribution in [0.1, 0.15) is 162 Å². The Bertz CT molecular complexity index is 959. The van der Waals surface area contributed by atoms with E-state index in [2.05, 4.69) is 49.6 Å². The molecule has 0 aromatic heterocycles. The molecule has 11 heteroatoms. The minimum atomic E-state index is -4.83. The molecule has 50 heavy (non-hydrogen) atoms. The van der Waals surface area contributed by atoms with Gasteiger partial charge in [-0.3, -0.25) is 14.1 Å². The summed E-state index contributed by atoms with van der Waals surface area (Å²) in [5.41, 5.74) is 0. The maximum Gasteiger partial charge on any atom is 0.469 e. The molecule has 0 aliphatic carbocycles. The van der Waals surface area contributed by atoms with E-state index in [0.29, 0.717) is 6.42 Å². The van der Waals surface area contributed by atoms with E-state index in [-0.39, 0.29) is 38.7 Å². The first-order chi connectivity index (χ1) is 23.9. The number of aliphatic hydroxyl groups is 2. The van der Waals surface area contributed by atoms with E-state index >= 15 is 0 Å². The zero-order valence-electron chi connectivity index (χ0n) is 31.4. The van der Waals surface area contributed by atoms with Crippen LogP contribution in [0.15, 0.2) is 36.5 Å². The fraction of sp³-hybridized carbons (Fsp3) is 0.795. The Morgan fingerprint density at radius 3 is 1.80 bits per heavy atom. The molecule has 0 saturated carbocycles. The molecule has 0 spiro atoms. The molecular formula is C39H71O10P. The Morgan fingerprint density at radius 2 is 1.20 bits per heavy atom. The predicted molar refractivity (Wildman–Crippen MR) is 200 cm³/mol. The van der Waals surface area contributed by atoms with Crippen molar-refractivity contribution in [1.82, 2.24) is 0 Å². The van der Waals surface area contributed by atoms with Crippen molar-refractivity contribution in [3.63, 3.8) is 0 Å². The Kier molecular flexibility index (Phi) is 31.9. The molecule has 0 aliphatic heterocycles. The molecule has 0 amide bonds. The lowest BCUT2D eigenvalue weighted by atomic mass is 10.0. The highest BCUT2D eigenvalue weighted by Crippen LogP contribution is 2.36. The van der Waals surface area contributed by atoms with Gasteiger partial charge < -0.3 is 29.5 Å². The van der Waals surface area contributed by atoms with Gasteiger partial charge in [-0.15, -0.1) is 0 Å². The summed E-state index contributed by atoms with van der Waals surface area (Å²) >= 11 is 0. The van der Waals surface area contributed by atoms with Crippen LogP contribution in [0, 0.1) is 5.92 Å². The zero-order valence-corrected chi connectivity index (χ0v) is 32.3. The number of aliphatic hydroxyl groups excluding tert-OH is 2. The first-order valence-corrected chi connectivity index (χ1v) is 20.8. The Labute approximate surface area is 303 Å². The smallest absolute Gasteiger partial charge is 0.462 e. The van der Waals surface area contributed by atoms with Crippen LogP contribution in [0.5, 0.6) is 0 Å². The highest BCUT2D eigenvalue weighted by atomic mass is 31.2. The molecule has 0 aromatic carbocycles. The van der Waals surface area contributed by atoms with Crippen molar-refractivity contribution >= 4 is 19.8 Å². The van der Waals surface area contributed by atoms with Crippen LogP contribution in [-0.4, -0.2) is 63.5 Å². The number of carbonyl (C=O) groups is 2. The topological polar surface area (TPSA) is 160 Å². The standard InChI is InChI=1S/C39H71O10P/c1-4-5-6-7-8-9-10-11-15-18-21-24-28-36(40)37(41)29-26-31-39(43)49-35(33-48-50(44,45)46)32-47-38(42)30-25-22-19-16-13-12-14-17-20-23-27-34(2)3/h8-9,11,15,21,24,34-37,40-41H,4-7,10,12-14,16-20,22-23,25-33H2,1-3H3,(H2,44,45,46)/b9-8-,15-11-,24-21-/t35-,36?,37?/m1/s1. The van der Waals surface area contributed by atoms with Crippen LogP contribution in [0.25, 0.3) is 0 Å². The summed E-state index contributed by atoms with van der Waals surface area (Å²) in [6.07, 6.45) is 29.1. The molecule has 0 heterocycles. The van der Waals surface area contributed by atoms with Crippen LogP contribution in [0.4, 0.5) is 0 Å². The average molecular weight is 731 g/mol. The van der Waals surface area contributed by atoms with Crippen molar-refractivity contribution in [2.75, 3.05) is 13.2 Å². The third-order valence-corrected chi connectivity index (χ3v) is 8.78. The quantitative estimate of drug-likeness (QED) is 0.0218. The van der Waals surface area contributed by atoms with Gasteiger partial charge in [0.15, 0.2) is 6.10 Å². The summed E-state index contributed by atoms with van der Waals surface area (Å²) in [4.78, 5) is 42.8. The number of carbonyl (C=O) groups excluding carboxylic acids is 2. The van der Waals surface area contributed by atoms with Crippen LogP contribution >= 0.6 is 7.82 Å². The van der Waals surface area contributed by atoms with Crippen LogP contribution < -0.4 is 0 Å². The van der Waals surface area contributed by atoms with E-state index in [4.69, 9.17) is 19.3 Å². The fourth-order valence-electron chi connectivity index (χ4n) is 5.25. The summed E-state index contributed by atoms with van der Waals surface area (Å²) in [5.74, 6) is -0.387. The van der Waals surface area contributed by atoms with Crippen LogP contribution in [0.3, 0.4) is 0 Å². The number of hydrogen-bond donors (Lipinski definition) is 4. The molecule has 3 atom stereocenters. The molecular weight excluding hydrogens is 659 g/mol. The highest BCUT2D eigenvalue weighted by molar-refractivity contribution is 7.46. The van der Waals surface area contributed by atoms with Crippen molar-refractivity contribution in [3.05, 3.63) is 36.5 Å². The summed E-state index contributed by atoms with van der Waals surface area (Å²) in [5, 5.41) is 20.5. The first-order valence-electron chi connectivity index (χ1n) is 19.3. The van der Waals surface area contributed by atoms with Crippen molar-refractivity contribution in [3.8, 4) is 0 Å². The van der Waals surface area contributed by atoms with E-state index < -0.39 is 44.7 Å². The number of ether oxygens (including phenoxy) is 2. The number of phosphoric ester groups is 1. The monoisotopic (exact) mass is 730 g/mol. The van der Waals surface area contributed by atoms with Gasteiger partial charge in [-0.05, 0) is 57.3 Å². The SMILES string of the molecule is CCCCC/C=C\C/C=C\C/C=C\CC(O)C(O)CCCC(=O)O[C@H](COC(=O)CCCCCCCCCCCCC(C)C)COP(=O)(O)O. The summed E-state index contributed by atoms with van der Waals surface area (Å²) in [7, 11) is -4.83. The molecule has 0 aliphatic rings. The predicted octanol–water partition coefficient (Wildman–Crippen LogP) is 9.20. The lowest BCUT2D eigenvalue weighted by molar-refractivity contribution is -0.161. The van der Waals surface area contributed by atoms with E-state index in [1.165, 1.54) is 64.2 Å². The second kappa shape index (κ2) is 33.1. The largest absolute Gasteiger partial charge is 0.469 e. The minimum absolute atomic E-state index is 0.101. The molecule has 0 radical (unpaired) electrons. The number of phosphoric acid groups is 1. The fourth-order valence-corrected chi connectivity index (χ4v) is 5.61. The van der Waals surface area contributed by atoms with Gasteiger partial charge in [-0.1, -0.05) is 134 Å².